The molecule has 1 fully saturated rings. The zero-order chi connectivity index (χ0) is 10.4. The smallest absolute Gasteiger partial charge is 0.0878 e. The van der Waals surface area contributed by atoms with Gasteiger partial charge in [-0.05, 0) is 19.7 Å². The van der Waals surface area contributed by atoms with Crippen LogP contribution in [0.5, 0.6) is 0 Å². The fourth-order valence-electron chi connectivity index (χ4n) is 1.92. The highest BCUT2D eigenvalue weighted by molar-refractivity contribution is 7.96. The molecule has 1 aliphatic heterocycles. The van der Waals surface area contributed by atoms with E-state index in [1.807, 2.05) is 19.0 Å². The number of nitrogens with zero attached hydrogens (tertiary/aromatic N) is 2. The summed E-state index contributed by atoms with van der Waals surface area (Å²) in [5.41, 5.74) is 0.370. The Hall–Kier alpha value is -0.0600. The van der Waals surface area contributed by atoms with E-state index in [1.165, 1.54) is 12.8 Å². The van der Waals surface area contributed by atoms with Crippen LogP contribution in [0.15, 0.2) is 4.99 Å². The predicted molar refractivity (Wildman–Crippen MR) is 64.8 cm³/mol. The van der Waals surface area contributed by atoms with E-state index >= 15 is 0 Å². The molecule has 4 heteroatoms. The molecule has 0 aliphatic carbocycles. The largest absolute Gasteiger partial charge is 0.301 e. The highest BCUT2D eigenvalue weighted by atomic mass is 32.2. The first-order chi connectivity index (χ1) is 6.76. The molecule has 0 radical (unpaired) electrons. The minimum absolute atomic E-state index is 0.370. The van der Waals surface area contributed by atoms with Crippen LogP contribution in [0, 0.1) is 5.41 Å². The van der Waals surface area contributed by atoms with Crippen molar-refractivity contribution in [3.05, 3.63) is 0 Å². The van der Waals surface area contributed by atoms with Gasteiger partial charge in [0.25, 0.3) is 0 Å². The molecule has 82 valence electrons. The standard InChI is InChI=1S/C10H21N3S/c1-4-5-10(6-12-9-11-2)7-13(8-10)14-3/h6,11H,4-5,7-9H2,1-3H3. The fraction of sp³-hybridized carbons (Fsp3) is 0.900. The topological polar surface area (TPSA) is 27.6 Å². The lowest BCUT2D eigenvalue weighted by Gasteiger charge is -2.46. The first kappa shape index (κ1) is 12.0. The van der Waals surface area contributed by atoms with Gasteiger partial charge in [0.15, 0.2) is 0 Å². The van der Waals surface area contributed by atoms with Gasteiger partial charge >= 0.3 is 0 Å². The lowest BCUT2D eigenvalue weighted by molar-refractivity contribution is 0.149. The van der Waals surface area contributed by atoms with Gasteiger partial charge in [-0.15, -0.1) is 0 Å². The van der Waals surface area contributed by atoms with Crippen molar-refractivity contribution in [1.82, 2.24) is 9.62 Å². The van der Waals surface area contributed by atoms with E-state index < -0.39 is 0 Å². The van der Waals surface area contributed by atoms with Crippen molar-refractivity contribution in [1.29, 1.82) is 0 Å². The van der Waals surface area contributed by atoms with Crippen LogP contribution in [-0.2, 0) is 0 Å². The zero-order valence-corrected chi connectivity index (χ0v) is 10.2. The first-order valence-electron chi connectivity index (χ1n) is 5.21. The molecule has 1 saturated heterocycles. The lowest BCUT2D eigenvalue weighted by atomic mass is 9.79. The summed E-state index contributed by atoms with van der Waals surface area (Å²) in [7, 11) is 1.93. The van der Waals surface area contributed by atoms with Crippen molar-refractivity contribution in [2.24, 2.45) is 10.4 Å². The molecule has 0 aromatic carbocycles. The molecule has 0 bridgehead atoms. The first-order valence-corrected chi connectivity index (χ1v) is 6.39. The average Bonchev–Trinajstić information content (AvgIpc) is 2.13. The molecule has 1 N–H and O–H groups in total. The molecule has 3 nitrogen and oxygen atoms in total. The molecule has 0 aromatic rings. The van der Waals surface area contributed by atoms with Crippen LogP contribution in [0.4, 0.5) is 0 Å². The molecule has 0 atom stereocenters. The monoisotopic (exact) mass is 215 g/mol. The number of nitrogens with one attached hydrogen (secondary N) is 1. The highest BCUT2D eigenvalue weighted by Crippen LogP contribution is 2.36. The summed E-state index contributed by atoms with van der Waals surface area (Å²) in [6.07, 6.45) is 6.81. The van der Waals surface area contributed by atoms with Gasteiger partial charge in [0.05, 0.1) is 6.67 Å². The maximum absolute atomic E-state index is 4.40. The van der Waals surface area contributed by atoms with Crippen molar-refractivity contribution < 1.29 is 0 Å². The Labute approximate surface area is 91.5 Å². The summed E-state index contributed by atoms with van der Waals surface area (Å²) in [5, 5.41) is 3.04. The number of hydrogen-bond acceptors (Lipinski definition) is 4. The normalized spacial score (nSPS) is 21.4. The molecule has 1 rings (SSSR count). The minimum Gasteiger partial charge on any atom is -0.301 e. The second-order valence-electron chi connectivity index (χ2n) is 3.92. The van der Waals surface area contributed by atoms with E-state index in [9.17, 15) is 0 Å². The Morgan fingerprint density at radius 1 is 1.57 bits per heavy atom. The van der Waals surface area contributed by atoms with Crippen molar-refractivity contribution in [2.75, 3.05) is 33.1 Å². The van der Waals surface area contributed by atoms with Gasteiger partial charge in [0.2, 0.25) is 0 Å². The van der Waals surface area contributed by atoms with E-state index in [0.717, 1.165) is 19.8 Å². The van der Waals surface area contributed by atoms with E-state index in [4.69, 9.17) is 0 Å². The quantitative estimate of drug-likeness (QED) is 0.539. The molecule has 0 saturated carbocycles. The van der Waals surface area contributed by atoms with Crippen LogP contribution in [0.1, 0.15) is 19.8 Å². The Balaban J connectivity index is 2.40. The highest BCUT2D eigenvalue weighted by Gasteiger charge is 2.40. The van der Waals surface area contributed by atoms with Crippen molar-refractivity contribution in [3.63, 3.8) is 0 Å². The van der Waals surface area contributed by atoms with E-state index in [1.54, 1.807) is 0 Å². The maximum Gasteiger partial charge on any atom is 0.0878 e. The van der Waals surface area contributed by atoms with Gasteiger partial charge in [0, 0.05) is 24.7 Å². The number of rotatable bonds is 6. The third kappa shape index (κ3) is 2.97. The van der Waals surface area contributed by atoms with Crippen molar-refractivity contribution in [2.45, 2.75) is 19.8 Å². The number of hydrogen-bond donors (Lipinski definition) is 1. The summed E-state index contributed by atoms with van der Waals surface area (Å²) in [6, 6.07) is 0. The summed E-state index contributed by atoms with van der Waals surface area (Å²) >= 11 is 1.83. The molecule has 0 aromatic heterocycles. The van der Waals surface area contributed by atoms with Gasteiger partial charge in [-0.3, -0.25) is 4.99 Å². The Morgan fingerprint density at radius 3 is 2.79 bits per heavy atom. The second kappa shape index (κ2) is 5.73. The van der Waals surface area contributed by atoms with E-state index in [-0.39, 0.29) is 0 Å². The average molecular weight is 215 g/mol. The summed E-state index contributed by atoms with van der Waals surface area (Å²) in [6.45, 7) is 5.31. The third-order valence-electron chi connectivity index (χ3n) is 2.60. The Bertz CT molecular complexity index is 188. The summed E-state index contributed by atoms with van der Waals surface area (Å²) in [4.78, 5) is 4.40. The van der Waals surface area contributed by atoms with Gasteiger partial charge in [-0.1, -0.05) is 25.3 Å². The second-order valence-corrected chi connectivity index (χ2v) is 4.80. The third-order valence-corrected chi connectivity index (χ3v) is 3.38. The van der Waals surface area contributed by atoms with E-state index in [2.05, 4.69) is 34.0 Å². The van der Waals surface area contributed by atoms with Gasteiger partial charge in [0.1, 0.15) is 0 Å². The van der Waals surface area contributed by atoms with Crippen molar-refractivity contribution in [3.8, 4) is 0 Å². The molecule has 1 aliphatic rings. The molecule has 0 unspecified atom stereocenters. The summed E-state index contributed by atoms with van der Waals surface area (Å²) < 4.78 is 2.39. The van der Waals surface area contributed by atoms with Crippen molar-refractivity contribution >= 4 is 18.2 Å². The lowest BCUT2D eigenvalue weighted by Crippen LogP contribution is -2.53. The van der Waals surface area contributed by atoms with Crippen LogP contribution in [-0.4, -0.2) is 43.6 Å². The van der Waals surface area contributed by atoms with Crippen LogP contribution in [0.3, 0.4) is 0 Å². The predicted octanol–water partition coefficient (Wildman–Crippen LogP) is 1.61. The SMILES string of the molecule is CCCC1(C=NCNC)CN(SC)C1. The molecule has 1 heterocycles. The molecular formula is C10H21N3S. The van der Waals surface area contributed by atoms with Gasteiger partial charge in [-0.2, -0.15) is 0 Å². The van der Waals surface area contributed by atoms with Crippen LogP contribution in [0.2, 0.25) is 0 Å². The number of aliphatic imine (C=N–C) groups is 1. The minimum atomic E-state index is 0.370. The van der Waals surface area contributed by atoms with E-state index in [0.29, 0.717) is 5.41 Å². The van der Waals surface area contributed by atoms with Crippen LogP contribution >= 0.6 is 11.9 Å². The van der Waals surface area contributed by atoms with Crippen LogP contribution in [0.25, 0.3) is 0 Å². The molecule has 0 amide bonds. The van der Waals surface area contributed by atoms with Gasteiger partial charge < -0.3 is 5.32 Å². The summed E-state index contributed by atoms with van der Waals surface area (Å²) in [5.74, 6) is 0. The zero-order valence-electron chi connectivity index (χ0n) is 9.42. The molecular weight excluding hydrogens is 194 g/mol. The van der Waals surface area contributed by atoms with Gasteiger partial charge in [-0.25, -0.2) is 4.31 Å². The molecule has 0 spiro atoms. The Kier molecular flexibility index (Phi) is 4.92. The molecule has 14 heavy (non-hydrogen) atoms. The maximum atomic E-state index is 4.40. The fourth-order valence-corrected chi connectivity index (χ4v) is 2.69. The van der Waals surface area contributed by atoms with Crippen LogP contribution < -0.4 is 5.32 Å². The Morgan fingerprint density at radius 2 is 2.29 bits per heavy atom.